The fraction of sp³-hybridized carbons (Fsp3) is 0.348. The topological polar surface area (TPSA) is 79.7 Å². The second kappa shape index (κ2) is 9.01. The van der Waals surface area contributed by atoms with Gasteiger partial charge in [-0.1, -0.05) is 37.3 Å². The van der Waals surface area contributed by atoms with Crippen LogP contribution >= 0.6 is 0 Å². The fourth-order valence-electron chi connectivity index (χ4n) is 3.40. The third-order valence-corrected chi connectivity index (χ3v) is 4.93. The van der Waals surface area contributed by atoms with Crippen molar-refractivity contribution in [3.63, 3.8) is 0 Å². The number of aryl methyl sites for hydroxylation is 1. The van der Waals surface area contributed by atoms with Gasteiger partial charge in [-0.2, -0.15) is 0 Å². The zero-order chi connectivity index (χ0) is 21.0. The van der Waals surface area contributed by atoms with Gasteiger partial charge in [0.1, 0.15) is 11.8 Å². The number of likely N-dealkylation sites (tertiary alicyclic amines) is 1. The van der Waals surface area contributed by atoms with Crippen molar-refractivity contribution in [2.75, 3.05) is 13.2 Å². The van der Waals surface area contributed by atoms with E-state index in [1.807, 2.05) is 32.9 Å². The maximum Gasteiger partial charge on any atom is 0.295 e. The molecule has 1 N–H and O–H groups in total. The van der Waals surface area contributed by atoms with Gasteiger partial charge in [0.15, 0.2) is 0 Å². The molecule has 1 aliphatic heterocycles. The summed E-state index contributed by atoms with van der Waals surface area (Å²) in [5.74, 6) is -1.55. The van der Waals surface area contributed by atoms with Crippen LogP contribution in [-0.4, -0.2) is 45.9 Å². The number of hydrogen-bond donors (Lipinski definition) is 1. The molecule has 1 fully saturated rings. The van der Waals surface area contributed by atoms with Crippen LogP contribution in [0.25, 0.3) is 5.76 Å². The number of rotatable bonds is 7. The average molecular weight is 394 g/mol. The molecule has 1 aromatic carbocycles. The molecule has 1 unspecified atom stereocenters. The van der Waals surface area contributed by atoms with E-state index in [1.165, 1.54) is 4.90 Å². The van der Waals surface area contributed by atoms with Crippen LogP contribution in [0.5, 0.6) is 0 Å². The second-order valence-electron chi connectivity index (χ2n) is 7.22. The largest absolute Gasteiger partial charge is 0.507 e. The van der Waals surface area contributed by atoms with Crippen LogP contribution in [0.1, 0.15) is 43.6 Å². The van der Waals surface area contributed by atoms with Crippen molar-refractivity contribution in [1.82, 2.24) is 9.88 Å². The molecule has 3 rings (SSSR count). The Balaban J connectivity index is 2.05. The molecule has 1 aliphatic rings. The molecule has 1 aromatic heterocycles. The molecule has 2 aromatic rings. The van der Waals surface area contributed by atoms with Crippen LogP contribution < -0.4 is 0 Å². The molecule has 6 heteroatoms. The van der Waals surface area contributed by atoms with Crippen molar-refractivity contribution in [2.24, 2.45) is 0 Å². The van der Waals surface area contributed by atoms with Gasteiger partial charge in [-0.25, -0.2) is 0 Å². The number of amides is 1. The Morgan fingerprint density at radius 3 is 2.48 bits per heavy atom. The Labute approximate surface area is 170 Å². The van der Waals surface area contributed by atoms with E-state index in [0.29, 0.717) is 17.9 Å². The molecule has 1 atom stereocenters. The molecule has 0 aliphatic carbocycles. The number of carbonyl (C=O) groups excluding carboxylic acids is 2. The quantitative estimate of drug-likeness (QED) is 0.442. The minimum atomic E-state index is -0.752. The van der Waals surface area contributed by atoms with Gasteiger partial charge >= 0.3 is 0 Å². The van der Waals surface area contributed by atoms with Gasteiger partial charge in [0.25, 0.3) is 11.7 Å². The van der Waals surface area contributed by atoms with E-state index in [0.717, 1.165) is 12.0 Å². The smallest absolute Gasteiger partial charge is 0.295 e. The van der Waals surface area contributed by atoms with Gasteiger partial charge in [0.2, 0.25) is 0 Å². The zero-order valence-electron chi connectivity index (χ0n) is 17.0. The number of pyridine rings is 1. The lowest BCUT2D eigenvalue weighted by Gasteiger charge is -2.24. The molecule has 2 heterocycles. The van der Waals surface area contributed by atoms with Gasteiger partial charge in [-0.05, 0) is 38.0 Å². The number of ketones is 1. The lowest BCUT2D eigenvalue weighted by molar-refractivity contribution is -0.140. The van der Waals surface area contributed by atoms with Gasteiger partial charge in [-0.15, -0.1) is 0 Å². The highest BCUT2D eigenvalue weighted by Crippen LogP contribution is 2.38. The van der Waals surface area contributed by atoms with E-state index in [2.05, 4.69) is 4.98 Å². The molecule has 1 amide bonds. The number of carbonyl (C=O) groups is 2. The Morgan fingerprint density at radius 1 is 1.17 bits per heavy atom. The molecular weight excluding hydrogens is 368 g/mol. The monoisotopic (exact) mass is 394 g/mol. The number of Topliss-reactive ketones (excluding diaryl/α,β-unsaturated/α-hetero) is 1. The summed E-state index contributed by atoms with van der Waals surface area (Å²) in [6.07, 6.45) is 2.49. The Morgan fingerprint density at radius 2 is 1.90 bits per heavy atom. The summed E-state index contributed by atoms with van der Waals surface area (Å²) in [5, 5.41) is 11.0. The van der Waals surface area contributed by atoms with E-state index in [9.17, 15) is 14.7 Å². The van der Waals surface area contributed by atoms with E-state index in [4.69, 9.17) is 4.74 Å². The maximum absolute atomic E-state index is 12.9. The van der Waals surface area contributed by atoms with E-state index in [1.54, 1.807) is 36.5 Å². The highest BCUT2D eigenvalue weighted by molar-refractivity contribution is 6.46. The van der Waals surface area contributed by atoms with Crippen LogP contribution in [0.2, 0.25) is 0 Å². The molecule has 0 spiro atoms. The molecule has 6 nitrogen and oxygen atoms in total. The van der Waals surface area contributed by atoms with Gasteiger partial charge in [0, 0.05) is 18.3 Å². The summed E-state index contributed by atoms with van der Waals surface area (Å²) in [5.41, 5.74) is 2.21. The Kier molecular flexibility index (Phi) is 6.44. The third kappa shape index (κ3) is 4.38. The van der Waals surface area contributed by atoms with Crippen LogP contribution in [-0.2, 0) is 20.7 Å². The van der Waals surface area contributed by atoms with Crippen molar-refractivity contribution in [2.45, 2.75) is 39.3 Å². The van der Waals surface area contributed by atoms with Crippen LogP contribution in [0.15, 0.2) is 54.2 Å². The second-order valence-corrected chi connectivity index (χ2v) is 7.22. The summed E-state index contributed by atoms with van der Waals surface area (Å²) < 4.78 is 5.57. The average Bonchev–Trinajstić information content (AvgIpc) is 2.98. The van der Waals surface area contributed by atoms with Gasteiger partial charge < -0.3 is 14.7 Å². The number of nitrogens with zero attached hydrogens (tertiary/aromatic N) is 2. The van der Waals surface area contributed by atoms with Crippen LogP contribution in [0.3, 0.4) is 0 Å². The highest BCUT2D eigenvalue weighted by Gasteiger charge is 2.46. The predicted molar refractivity (Wildman–Crippen MR) is 110 cm³/mol. The van der Waals surface area contributed by atoms with Gasteiger partial charge in [-0.3, -0.25) is 14.6 Å². The maximum atomic E-state index is 12.9. The number of hydrogen-bond acceptors (Lipinski definition) is 5. The summed E-state index contributed by atoms with van der Waals surface area (Å²) >= 11 is 0. The van der Waals surface area contributed by atoms with Crippen molar-refractivity contribution >= 4 is 17.4 Å². The minimum Gasteiger partial charge on any atom is -0.507 e. The SMILES string of the molecule is CCc1ccc(/C(O)=C2/C(=O)C(=O)N(CCOC(C)C)C2c2ccccn2)cc1. The highest BCUT2D eigenvalue weighted by atomic mass is 16.5. The van der Waals surface area contributed by atoms with Crippen molar-refractivity contribution in [3.05, 3.63) is 71.1 Å². The molecule has 29 heavy (non-hydrogen) atoms. The number of aromatic nitrogens is 1. The molecule has 0 bridgehead atoms. The summed E-state index contributed by atoms with van der Waals surface area (Å²) in [6.45, 7) is 6.38. The molecule has 1 saturated heterocycles. The van der Waals surface area contributed by atoms with E-state index < -0.39 is 17.7 Å². The van der Waals surface area contributed by atoms with Crippen molar-refractivity contribution < 1.29 is 19.4 Å². The lowest BCUT2D eigenvalue weighted by Crippen LogP contribution is -2.33. The standard InChI is InChI=1S/C23H26N2O4/c1-4-16-8-10-17(11-9-16)21(26)19-20(18-7-5-6-12-24-18)25(23(28)22(19)27)13-14-29-15(2)3/h5-12,15,20,26H,4,13-14H2,1-3H3/b21-19-. The number of benzene rings is 1. The number of aliphatic hydroxyl groups excluding tert-OH is 1. The van der Waals surface area contributed by atoms with Crippen molar-refractivity contribution in [3.8, 4) is 0 Å². The van der Waals surface area contributed by atoms with E-state index >= 15 is 0 Å². The molecule has 0 saturated carbocycles. The summed E-state index contributed by atoms with van der Waals surface area (Å²) in [6, 6.07) is 11.9. The first-order valence-electron chi connectivity index (χ1n) is 9.84. The number of aliphatic hydroxyl groups is 1. The van der Waals surface area contributed by atoms with Crippen molar-refractivity contribution in [1.29, 1.82) is 0 Å². The molecule has 0 radical (unpaired) electrons. The van der Waals surface area contributed by atoms with Gasteiger partial charge in [0.05, 0.1) is 24.0 Å². The normalized spacial score (nSPS) is 18.6. The summed E-state index contributed by atoms with van der Waals surface area (Å²) in [4.78, 5) is 31.4. The van der Waals surface area contributed by atoms with E-state index in [-0.39, 0.29) is 24.0 Å². The van der Waals surface area contributed by atoms with Crippen LogP contribution in [0, 0.1) is 0 Å². The molecule has 152 valence electrons. The van der Waals surface area contributed by atoms with Crippen LogP contribution in [0.4, 0.5) is 0 Å². The Bertz CT molecular complexity index is 904. The Hall–Kier alpha value is -2.99. The fourth-order valence-corrected chi connectivity index (χ4v) is 3.40. The first kappa shape index (κ1) is 20.7. The summed E-state index contributed by atoms with van der Waals surface area (Å²) in [7, 11) is 0. The number of ether oxygens (including phenoxy) is 1. The lowest BCUT2D eigenvalue weighted by atomic mass is 9.97. The first-order chi connectivity index (χ1) is 13.9. The molecular formula is C23H26N2O4. The third-order valence-electron chi connectivity index (χ3n) is 4.93. The first-order valence-corrected chi connectivity index (χ1v) is 9.84. The predicted octanol–water partition coefficient (Wildman–Crippen LogP) is 3.49. The zero-order valence-corrected chi connectivity index (χ0v) is 17.0. The minimum absolute atomic E-state index is 0.0113.